The molecule has 0 aromatic heterocycles. The van der Waals surface area contributed by atoms with Gasteiger partial charge in [0.15, 0.2) is 0 Å². The van der Waals surface area contributed by atoms with Crippen LogP contribution < -0.4 is 14.8 Å². The number of benzene rings is 2. The maximum absolute atomic E-state index is 12.5. The Bertz CT molecular complexity index is 873. The highest BCUT2D eigenvalue weighted by Crippen LogP contribution is 2.20. The standard InChI is InChI=1S/C20H26N2O4S/c1-5-20(3,4)21-19(23)15-7-13-18(14-8-15)27(24,25)22-16-9-11-17(12-10-16)26-6-2/h7-14,22H,5-6H2,1-4H3,(H,21,23). The molecule has 0 spiro atoms. The third-order valence-corrected chi connectivity index (χ3v) is 5.58. The van der Waals surface area contributed by atoms with Gasteiger partial charge in [0, 0.05) is 16.8 Å². The number of anilines is 1. The fourth-order valence-corrected chi connectivity index (χ4v) is 3.31. The minimum absolute atomic E-state index is 0.0858. The van der Waals surface area contributed by atoms with Crippen LogP contribution in [0.15, 0.2) is 53.4 Å². The van der Waals surface area contributed by atoms with E-state index in [1.54, 1.807) is 24.3 Å². The molecule has 0 aliphatic rings. The van der Waals surface area contributed by atoms with Gasteiger partial charge in [-0.15, -0.1) is 0 Å². The number of carbonyl (C=O) groups excluding carboxylic acids is 1. The fourth-order valence-electron chi connectivity index (χ4n) is 2.25. The average molecular weight is 391 g/mol. The fraction of sp³-hybridized carbons (Fsp3) is 0.350. The molecule has 0 heterocycles. The van der Waals surface area contributed by atoms with E-state index < -0.39 is 10.0 Å². The molecule has 0 saturated heterocycles. The van der Waals surface area contributed by atoms with Gasteiger partial charge < -0.3 is 10.1 Å². The first-order valence-electron chi connectivity index (χ1n) is 8.85. The Balaban J connectivity index is 2.11. The van der Waals surface area contributed by atoms with Gasteiger partial charge in [-0.25, -0.2) is 8.42 Å². The van der Waals surface area contributed by atoms with Gasteiger partial charge >= 0.3 is 0 Å². The van der Waals surface area contributed by atoms with Crippen LogP contribution in [0.2, 0.25) is 0 Å². The largest absolute Gasteiger partial charge is 0.494 e. The highest BCUT2D eigenvalue weighted by atomic mass is 32.2. The number of amides is 1. The van der Waals surface area contributed by atoms with E-state index in [1.165, 1.54) is 24.3 Å². The topological polar surface area (TPSA) is 84.5 Å². The molecule has 2 aromatic carbocycles. The maximum Gasteiger partial charge on any atom is 0.261 e. The number of rotatable bonds is 8. The van der Waals surface area contributed by atoms with Crippen molar-refractivity contribution in [2.75, 3.05) is 11.3 Å². The molecule has 0 radical (unpaired) electrons. The average Bonchev–Trinajstić information content (AvgIpc) is 2.63. The SMILES string of the molecule is CCOc1ccc(NS(=O)(=O)c2ccc(C(=O)NC(C)(C)CC)cc2)cc1. The molecule has 0 bridgehead atoms. The van der Waals surface area contributed by atoms with Crippen molar-refractivity contribution in [2.45, 2.75) is 44.6 Å². The van der Waals surface area contributed by atoms with E-state index in [-0.39, 0.29) is 16.3 Å². The molecule has 0 aliphatic heterocycles. The first-order chi connectivity index (χ1) is 12.7. The van der Waals surface area contributed by atoms with Crippen molar-refractivity contribution >= 4 is 21.6 Å². The summed E-state index contributed by atoms with van der Waals surface area (Å²) < 4.78 is 32.9. The van der Waals surface area contributed by atoms with Crippen molar-refractivity contribution in [1.82, 2.24) is 5.32 Å². The lowest BCUT2D eigenvalue weighted by Crippen LogP contribution is -2.42. The van der Waals surface area contributed by atoms with Crippen molar-refractivity contribution in [1.29, 1.82) is 0 Å². The maximum atomic E-state index is 12.5. The number of sulfonamides is 1. The van der Waals surface area contributed by atoms with Gasteiger partial charge in [0.25, 0.3) is 15.9 Å². The van der Waals surface area contributed by atoms with Gasteiger partial charge in [-0.3, -0.25) is 9.52 Å². The molecule has 27 heavy (non-hydrogen) atoms. The van der Waals surface area contributed by atoms with Crippen molar-refractivity contribution < 1.29 is 17.9 Å². The van der Waals surface area contributed by atoms with E-state index in [9.17, 15) is 13.2 Å². The number of ether oxygens (including phenoxy) is 1. The summed E-state index contributed by atoms with van der Waals surface area (Å²) >= 11 is 0. The van der Waals surface area contributed by atoms with Gasteiger partial charge in [0.05, 0.1) is 11.5 Å². The molecule has 2 aromatic rings. The van der Waals surface area contributed by atoms with E-state index in [0.29, 0.717) is 23.6 Å². The molecule has 7 heteroatoms. The van der Waals surface area contributed by atoms with Gasteiger partial charge in [0.1, 0.15) is 5.75 Å². The van der Waals surface area contributed by atoms with Crippen molar-refractivity contribution in [2.24, 2.45) is 0 Å². The van der Waals surface area contributed by atoms with E-state index in [4.69, 9.17) is 4.74 Å². The predicted octanol–water partition coefficient (Wildman–Crippen LogP) is 3.80. The number of hydrogen-bond donors (Lipinski definition) is 2. The minimum Gasteiger partial charge on any atom is -0.494 e. The quantitative estimate of drug-likeness (QED) is 0.718. The van der Waals surface area contributed by atoms with Crippen molar-refractivity contribution in [3.8, 4) is 5.75 Å². The zero-order valence-electron chi connectivity index (χ0n) is 16.1. The Morgan fingerprint density at radius 2 is 1.59 bits per heavy atom. The Kier molecular flexibility index (Phi) is 6.49. The molecular formula is C20H26N2O4S. The lowest BCUT2D eigenvalue weighted by Gasteiger charge is -2.24. The van der Waals surface area contributed by atoms with Crippen LogP contribution in [0.5, 0.6) is 5.75 Å². The third-order valence-electron chi connectivity index (χ3n) is 4.18. The van der Waals surface area contributed by atoms with Gasteiger partial charge in [0.2, 0.25) is 0 Å². The van der Waals surface area contributed by atoms with E-state index >= 15 is 0 Å². The van der Waals surface area contributed by atoms with Crippen LogP contribution in [-0.2, 0) is 10.0 Å². The molecule has 2 rings (SSSR count). The minimum atomic E-state index is -3.74. The van der Waals surface area contributed by atoms with E-state index in [2.05, 4.69) is 10.0 Å². The van der Waals surface area contributed by atoms with Crippen LogP contribution in [0, 0.1) is 0 Å². The number of carbonyl (C=O) groups is 1. The number of hydrogen-bond acceptors (Lipinski definition) is 4. The molecule has 1 amide bonds. The highest BCUT2D eigenvalue weighted by Gasteiger charge is 2.20. The highest BCUT2D eigenvalue weighted by molar-refractivity contribution is 7.92. The summed E-state index contributed by atoms with van der Waals surface area (Å²) in [7, 11) is -3.74. The zero-order valence-corrected chi connectivity index (χ0v) is 16.9. The summed E-state index contributed by atoms with van der Waals surface area (Å²) in [6.07, 6.45) is 0.789. The van der Waals surface area contributed by atoms with Crippen LogP contribution in [0.3, 0.4) is 0 Å². The molecular weight excluding hydrogens is 364 g/mol. The summed E-state index contributed by atoms with van der Waals surface area (Å²) in [6, 6.07) is 12.5. The van der Waals surface area contributed by atoms with E-state index in [0.717, 1.165) is 6.42 Å². The summed E-state index contributed by atoms with van der Waals surface area (Å²) in [4.78, 5) is 12.4. The Hall–Kier alpha value is -2.54. The molecule has 0 fully saturated rings. The zero-order chi connectivity index (χ0) is 20.1. The summed E-state index contributed by atoms with van der Waals surface area (Å²) in [6.45, 7) is 8.28. The summed E-state index contributed by atoms with van der Waals surface area (Å²) in [5.74, 6) is 0.441. The number of nitrogens with one attached hydrogen (secondary N) is 2. The lowest BCUT2D eigenvalue weighted by atomic mass is 10.0. The van der Waals surface area contributed by atoms with Gasteiger partial charge in [-0.05, 0) is 75.7 Å². The molecule has 0 aliphatic carbocycles. The Morgan fingerprint density at radius 1 is 1.00 bits per heavy atom. The van der Waals surface area contributed by atoms with Crippen LogP contribution >= 0.6 is 0 Å². The second-order valence-electron chi connectivity index (χ2n) is 6.78. The molecule has 6 nitrogen and oxygen atoms in total. The van der Waals surface area contributed by atoms with Crippen LogP contribution in [-0.4, -0.2) is 26.5 Å². The second-order valence-corrected chi connectivity index (χ2v) is 8.46. The van der Waals surface area contributed by atoms with Gasteiger partial charge in [-0.2, -0.15) is 0 Å². The normalized spacial score (nSPS) is 11.7. The van der Waals surface area contributed by atoms with Crippen molar-refractivity contribution in [3.63, 3.8) is 0 Å². The van der Waals surface area contributed by atoms with Crippen LogP contribution in [0.25, 0.3) is 0 Å². The van der Waals surface area contributed by atoms with Crippen molar-refractivity contribution in [3.05, 3.63) is 54.1 Å². The molecule has 146 valence electrons. The third kappa shape index (κ3) is 5.72. The second kappa shape index (κ2) is 8.43. The lowest BCUT2D eigenvalue weighted by molar-refractivity contribution is 0.0911. The Morgan fingerprint density at radius 3 is 2.11 bits per heavy atom. The van der Waals surface area contributed by atoms with Crippen LogP contribution in [0.1, 0.15) is 44.5 Å². The predicted molar refractivity (Wildman–Crippen MR) is 107 cm³/mol. The molecule has 0 unspecified atom stereocenters. The summed E-state index contributed by atoms with van der Waals surface area (Å²) in [5.41, 5.74) is 0.526. The smallest absolute Gasteiger partial charge is 0.261 e. The molecule has 0 saturated carbocycles. The Labute approximate surface area is 161 Å². The summed E-state index contributed by atoms with van der Waals surface area (Å²) in [5, 5.41) is 2.92. The molecule has 2 N–H and O–H groups in total. The van der Waals surface area contributed by atoms with Crippen LogP contribution in [0.4, 0.5) is 5.69 Å². The van der Waals surface area contributed by atoms with Gasteiger partial charge in [-0.1, -0.05) is 6.92 Å². The first kappa shape index (κ1) is 20.8. The first-order valence-corrected chi connectivity index (χ1v) is 10.3. The van der Waals surface area contributed by atoms with E-state index in [1.807, 2.05) is 27.7 Å². The molecule has 0 atom stereocenters. The monoisotopic (exact) mass is 390 g/mol.